The summed E-state index contributed by atoms with van der Waals surface area (Å²) < 4.78 is 5.08. The van der Waals surface area contributed by atoms with Gasteiger partial charge in [0.15, 0.2) is 11.5 Å². The molecule has 0 radical (unpaired) electrons. The SMILES string of the molecule is CCC(CC)(CO)CNCc1cc(Cl)cc(OC)c1O. The second kappa shape index (κ2) is 7.72. The highest BCUT2D eigenvalue weighted by atomic mass is 35.5. The maximum Gasteiger partial charge on any atom is 0.162 e. The lowest BCUT2D eigenvalue weighted by Gasteiger charge is -2.29. The summed E-state index contributed by atoms with van der Waals surface area (Å²) in [6.07, 6.45) is 1.80. The van der Waals surface area contributed by atoms with E-state index in [0.717, 1.165) is 12.8 Å². The van der Waals surface area contributed by atoms with Gasteiger partial charge in [0.25, 0.3) is 0 Å². The van der Waals surface area contributed by atoms with Gasteiger partial charge in [0.05, 0.1) is 7.11 Å². The zero-order valence-corrected chi connectivity index (χ0v) is 13.1. The highest BCUT2D eigenvalue weighted by molar-refractivity contribution is 6.30. The van der Waals surface area contributed by atoms with Gasteiger partial charge in [0.1, 0.15) is 0 Å². The van der Waals surface area contributed by atoms with E-state index in [2.05, 4.69) is 19.2 Å². The van der Waals surface area contributed by atoms with Crippen LogP contribution in [0.15, 0.2) is 12.1 Å². The molecule has 114 valence electrons. The molecule has 0 aliphatic carbocycles. The van der Waals surface area contributed by atoms with Crippen LogP contribution in [0.4, 0.5) is 0 Å². The highest BCUT2D eigenvalue weighted by Crippen LogP contribution is 2.33. The number of hydrogen-bond donors (Lipinski definition) is 3. The molecule has 5 heteroatoms. The van der Waals surface area contributed by atoms with Crippen molar-refractivity contribution in [2.24, 2.45) is 5.41 Å². The Morgan fingerprint density at radius 1 is 1.30 bits per heavy atom. The first-order valence-corrected chi connectivity index (χ1v) is 7.26. The van der Waals surface area contributed by atoms with E-state index in [0.29, 0.717) is 29.4 Å². The number of phenolic OH excluding ortho intramolecular Hbond substituents is 1. The van der Waals surface area contributed by atoms with E-state index in [1.165, 1.54) is 7.11 Å². The lowest BCUT2D eigenvalue weighted by molar-refractivity contribution is 0.113. The molecule has 0 atom stereocenters. The molecule has 0 aromatic heterocycles. The molecule has 3 N–H and O–H groups in total. The van der Waals surface area contributed by atoms with Gasteiger partial charge in [-0.1, -0.05) is 25.4 Å². The van der Waals surface area contributed by atoms with Gasteiger partial charge in [-0.15, -0.1) is 0 Å². The number of hydrogen-bond acceptors (Lipinski definition) is 4. The zero-order valence-electron chi connectivity index (χ0n) is 12.4. The van der Waals surface area contributed by atoms with Crippen LogP contribution in [0.1, 0.15) is 32.3 Å². The van der Waals surface area contributed by atoms with Gasteiger partial charge in [-0.3, -0.25) is 0 Å². The van der Waals surface area contributed by atoms with Crippen LogP contribution >= 0.6 is 11.6 Å². The number of benzene rings is 1. The minimum Gasteiger partial charge on any atom is -0.504 e. The quantitative estimate of drug-likeness (QED) is 0.691. The monoisotopic (exact) mass is 301 g/mol. The van der Waals surface area contributed by atoms with Crippen LogP contribution in [-0.4, -0.2) is 30.5 Å². The number of phenols is 1. The van der Waals surface area contributed by atoms with Crippen molar-refractivity contribution in [2.45, 2.75) is 33.2 Å². The number of methoxy groups -OCH3 is 1. The van der Waals surface area contributed by atoms with Gasteiger partial charge in [-0.25, -0.2) is 0 Å². The third kappa shape index (κ3) is 4.01. The Labute approximate surface area is 125 Å². The second-order valence-corrected chi connectivity index (χ2v) is 5.52. The summed E-state index contributed by atoms with van der Waals surface area (Å²) in [5, 5.41) is 23.4. The van der Waals surface area contributed by atoms with Crippen LogP contribution in [0.3, 0.4) is 0 Å². The van der Waals surface area contributed by atoms with Crippen LogP contribution in [0.25, 0.3) is 0 Å². The summed E-state index contributed by atoms with van der Waals surface area (Å²) in [6, 6.07) is 3.29. The summed E-state index contributed by atoms with van der Waals surface area (Å²) >= 11 is 5.99. The van der Waals surface area contributed by atoms with Crippen molar-refractivity contribution in [3.8, 4) is 11.5 Å². The predicted molar refractivity (Wildman–Crippen MR) is 81.5 cm³/mol. The Bertz CT molecular complexity index is 425. The first-order valence-electron chi connectivity index (χ1n) is 6.88. The molecule has 0 unspecified atom stereocenters. The molecule has 0 bridgehead atoms. The Balaban J connectivity index is 2.73. The average Bonchev–Trinajstić information content (AvgIpc) is 2.47. The van der Waals surface area contributed by atoms with E-state index in [-0.39, 0.29) is 17.8 Å². The molecule has 0 spiro atoms. The van der Waals surface area contributed by atoms with Crippen molar-refractivity contribution in [1.29, 1.82) is 0 Å². The van der Waals surface area contributed by atoms with E-state index in [1.807, 2.05) is 0 Å². The number of rotatable bonds is 8. The van der Waals surface area contributed by atoms with Crippen molar-refractivity contribution in [3.63, 3.8) is 0 Å². The number of aromatic hydroxyl groups is 1. The molecule has 0 saturated carbocycles. The number of aliphatic hydroxyl groups is 1. The Morgan fingerprint density at radius 3 is 2.45 bits per heavy atom. The lowest BCUT2D eigenvalue weighted by Crippen LogP contribution is -2.36. The maximum atomic E-state index is 10.0. The summed E-state index contributed by atoms with van der Waals surface area (Å²) in [6.45, 7) is 5.45. The van der Waals surface area contributed by atoms with Gasteiger partial charge < -0.3 is 20.3 Å². The van der Waals surface area contributed by atoms with Crippen molar-refractivity contribution >= 4 is 11.6 Å². The minimum atomic E-state index is -0.113. The fourth-order valence-corrected chi connectivity index (χ4v) is 2.39. The maximum absolute atomic E-state index is 10.0. The summed E-state index contributed by atoms with van der Waals surface area (Å²) in [5.41, 5.74) is 0.576. The molecule has 1 aromatic rings. The predicted octanol–water partition coefficient (Wildman–Crippen LogP) is 2.94. The smallest absolute Gasteiger partial charge is 0.162 e. The highest BCUT2D eigenvalue weighted by Gasteiger charge is 2.24. The number of halogens is 1. The fourth-order valence-electron chi connectivity index (χ4n) is 2.16. The molecule has 1 aromatic carbocycles. The molecule has 1 rings (SSSR count). The molecule has 0 aliphatic heterocycles. The number of ether oxygens (including phenoxy) is 1. The second-order valence-electron chi connectivity index (χ2n) is 5.08. The molecule has 0 fully saturated rings. The Morgan fingerprint density at radius 2 is 1.95 bits per heavy atom. The first kappa shape index (κ1) is 17.1. The van der Waals surface area contributed by atoms with Crippen molar-refractivity contribution in [1.82, 2.24) is 5.32 Å². The van der Waals surface area contributed by atoms with Crippen LogP contribution < -0.4 is 10.1 Å². The van der Waals surface area contributed by atoms with E-state index in [1.54, 1.807) is 12.1 Å². The molecule has 0 heterocycles. The zero-order chi connectivity index (χ0) is 15.2. The summed E-state index contributed by atoms with van der Waals surface area (Å²) in [7, 11) is 1.49. The molecular formula is C15H24ClNO3. The Kier molecular flexibility index (Phi) is 6.59. The molecule has 0 amide bonds. The van der Waals surface area contributed by atoms with Crippen molar-refractivity contribution < 1.29 is 14.9 Å². The van der Waals surface area contributed by atoms with Crippen LogP contribution in [-0.2, 0) is 6.54 Å². The topological polar surface area (TPSA) is 61.7 Å². The number of aliphatic hydroxyl groups excluding tert-OH is 1. The molecule has 4 nitrogen and oxygen atoms in total. The van der Waals surface area contributed by atoms with Crippen LogP contribution in [0.2, 0.25) is 5.02 Å². The largest absolute Gasteiger partial charge is 0.504 e. The van der Waals surface area contributed by atoms with E-state index in [9.17, 15) is 10.2 Å². The normalized spacial score (nSPS) is 11.7. The molecular weight excluding hydrogens is 278 g/mol. The molecule has 0 aliphatic rings. The number of nitrogens with one attached hydrogen (secondary N) is 1. The van der Waals surface area contributed by atoms with E-state index >= 15 is 0 Å². The first-order chi connectivity index (χ1) is 9.51. The van der Waals surface area contributed by atoms with Gasteiger partial charge in [0, 0.05) is 41.8 Å². The fraction of sp³-hybridized carbons (Fsp3) is 0.600. The summed E-state index contributed by atoms with van der Waals surface area (Å²) in [5.74, 6) is 0.473. The van der Waals surface area contributed by atoms with Crippen LogP contribution in [0.5, 0.6) is 11.5 Å². The van der Waals surface area contributed by atoms with Gasteiger partial charge in [-0.2, -0.15) is 0 Å². The van der Waals surface area contributed by atoms with E-state index in [4.69, 9.17) is 16.3 Å². The lowest BCUT2D eigenvalue weighted by atomic mass is 9.83. The van der Waals surface area contributed by atoms with Crippen molar-refractivity contribution in [3.05, 3.63) is 22.7 Å². The third-order valence-corrected chi connectivity index (χ3v) is 4.21. The van der Waals surface area contributed by atoms with Gasteiger partial charge >= 0.3 is 0 Å². The van der Waals surface area contributed by atoms with E-state index < -0.39 is 0 Å². The van der Waals surface area contributed by atoms with Gasteiger partial charge in [0.2, 0.25) is 0 Å². The molecule has 20 heavy (non-hydrogen) atoms. The average molecular weight is 302 g/mol. The minimum absolute atomic E-state index is 0.104. The third-order valence-electron chi connectivity index (χ3n) is 3.99. The summed E-state index contributed by atoms with van der Waals surface area (Å²) in [4.78, 5) is 0. The standard InChI is InChI=1S/C15H24ClNO3/c1-4-15(5-2,10-18)9-17-8-11-6-12(16)7-13(20-3)14(11)19/h6-7,17-19H,4-5,8-10H2,1-3H3. The van der Waals surface area contributed by atoms with Crippen LogP contribution in [0, 0.1) is 5.41 Å². The van der Waals surface area contributed by atoms with Crippen molar-refractivity contribution in [2.75, 3.05) is 20.3 Å². The Hall–Kier alpha value is -0.970. The van der Waals surface area contributed by atoms with Gasteiger partial charge in [-0.05, 0) is 18.9 Å². The molecule has 0 saturated heterocycles.